The minimum atomic E-state index is -1.01. The number of amides is 2. The molecule has 0 unspecified atom stereocenters. The van der Waals surface area contributed by atoms with Gasteiger partial charge < -0.3 is 4.74 Å². The highest BCUT2D eigenvalue weighted by molar-refractivity contribution is 9.12. The summed E-state index contributed by atoms with van der Waals surface area (Å²) >= 11 is 7.36. The van der Waals surface area contributed by atoms with Crippen LogP contribution in [-0.4, -0.2) is 50.8 Å². The van der Waals surface area contributed by atoms with Crippen molar-refractivity contribution >= 4 is 55.4 Å². The number of fused-ring (bicyclic) bond motifs is 5. The monoisotopic (exact) mass is 567 g/mol. The number of aryl methyl sites for hydroxylation is 1. The van der Waals surface area contributed by atoms with Gasteiger partial charge in [0, 0.05) is 15.2 Å². The van der Waals surface area contributed by atoms with Crippen LogP contribution in [0, 0.1) is 36.5 Å². The summed E-state index contributed by atoms with van der Waals surface area (Å²) in [6, 6.07) is 6.01. The number of likely N-dealkylation sites (tertiary alicyclic amines) is 1. The summed E-state index contributed by atoms with van der Waals surface area (Å²) < 4.78 is 5.34. The van der Waals surface area contributed by atoms with E-state index in [0.717, 1.165) is 16.9 Å². The third kappa shape index (κ3) is 3.98. The molecule has 1 aliphatic heterocycles. The summed E-state index contributed by atoms with van der Waals surface area (Å²) in [5.41, 5.74) is 1.48. The molecule has 7 atom stereocenters. The van der Waals surface area contributed by atoms with Crippen molar-refractivity contribution in [2.75, 3.05) is 6.61 Å². The van der Waals surface area contributed by atoms with Gasteiger partial charge in [0.15, 0.2) is 12.4 Å². The maximum Gasteiger partial charge on any atom is 0.329 e. The van der Waals surface area contributed by atoms with Crippen LogP contribution in [-0.2, 0) is 19.1 Å². The molecule has 2 saturated carbocycles. The SMILES string of the molecule is Cc1ccc(C(=O)COC(=O)[C@H](CC(C)C)N2C(=O)[C@@H]3[C@H]4C[C@@H]([C@@H](Br)[C@H]4Br)[C@H]3C2=O)cc1. The van der Waals surface area contributed by atoms with E-state index in [1.807, 2.05) is 32.9 Å². The van der Waals surface area contributed by atoms with Crippen molar-refractivity contribution in [1.82, 2.24) is 4.90 Å². The molecule has 0 aromatic heterocycles. The maximum absolute atomic E-state index is 13.4. The molecule has 6 nitrogen and oxygen atoms in total. The molecule has 32 heavy (non-hydrogen) atoms. The minimum Gasteiger partial charge on any atom is -0.456 e. The van der Waals surface area contributed by atoms with E-state index in [9.17, 15) is 19.2 Å². The van der Waals surface area contributed by atoms with E-state index in [1.165, 1.54) is 0 Å². The number of benzene rings is 1. The van der Waals surface area contributed by atoms with Crippen LogP contribution < -0.4 is 0 Å². The van der Waals surface area contributed by atoms with E-state index in [4.69, 9.17) is 4.74 Å². The van der Waals surface area contributed by atoms with Gasteiger partial charge in [0.2, 0.25) is 11.8 Å². The lowest BCUT2D eigenvalue weighted by Gasteiger charge is -2.28. The van der Waals surface area contributed by atoms with Crippen molar-refractivity contribution in [3.8, 4) is 0 Å². The molecule has 1 aromatic rings. The van der Waals surface area contributed by atoms with Crippen LogP contribution in [0.25, 0.3) is 0 Å². The highest BCUT2D eigenvalue weighted by Crippen LogP contribution is 2.60. The number of carbonyl (C=O) groups excluding carboxylic acids is 4. The first kappa shape index (κ1) is 23.6. The van der Waals surface area contributed by atoms with Crippen molar-refractivity contribution in [2.24, 2.45) is 29.6 Å². The van der Waals surface area contributed by atoms with E-state index in [0.29, 0.717) is 12.0 Å². The molecule has 3 fully saturated rings. The number of halogens is 2. The highest BCUT2D eigenvalue weighted by Gasteiger charge is 2.67. The molecule has 3 aliphatic rings. The summed E-state index contributed by atoms with van der Waals surface area (Å²) in [4.78, 5) is 53.6. The molecule has 2 bridgehead atoms. The molecule has 2 amide bonds. The van der Waals surface area contributed by atoms with Gasteiger partial charge >= 0.3 is 5.97 Å². The molecular weight excluding hydrogens is 542 g/mol. The Morgan fingerprint density at radius 1 is 1.03 bits per heavy atom. The third-order valence-corrected chi connectivity index (χ3v) is 10.2. The van der Waals surface area contributed by atoms with Crippen molar-refractivity contribution in [3.63, 3.8) is 0 Å². The van der Waals surface area contributed by atoms with Crippen molar-refractivity contribution in [2.45, 2.75) is 49.3 Å². The Labute approximate surface area is 204 Å². The number of nitrogens with zero attached hydrogens (tertiary/aromatic N) is 1. The number of imide groups is 1. The Kier molecular flexibility index (Phi) is 6.65. The van der Waals surface area contributed by atoms with Crippen LogP contribution in [0.4, 0.5) is 0 Å². The van der Waals surface area contributed by atoms with Crippen LogP contribution in [0.5, 0.6) is 0 Å². The number of hydrogen-bond acceptors (Lipinski definition) is 5. The lowest BCUT2D eigenvalue weighted by molar-refractivity contribution is -0.159. The Morgan fingerprint density at radius 2 is 1.56 bits per heavy atom. The summed E-state index contributed by atoms with van der Waals surface area (Å²) in [5.74, 6) is -2.12. The second kappa shape index (κ2) is 9.01. The highest BCUT2D eigenvalue weighted by atomic mass is 79.9. The van der Waals surface area contributed by atoms with Gasteiger partial charge in [0.1, 0.15) is 6.04 Å². The molecule has 8 heteroatoms. The normalized spacial score (nSPS) is 31.9. The van der Waals surface area contributed by atoms with Gasteiger partial charge in [-0.2, -0.15) is 0 Å². The third-order valence-electron chi connectivity index (χ3n) is 7.02. The second-order valence-corrected chi connectivity index (χ2v) is 11.7. The standard InChI is InChI=1S/C24H27Br2NO5/c1-11(2)8-16(24(31)32-10-17(28)13-6-4-12(3)5-7-13)27-22(29)18-14-9-15(19(18)23(27)30)21(26)20(14)25/h4-7,11,14-16,18-21H,8-10H2,1-3H3/t14-,15-,16+,18-,19-,20-,21+/m1/s1. The maximum atomic E-state index is 13.4. The van der Waals surface area contributed by atoms with Crippen LogP contribution >= 0.6 is 31.9 Å². The molecule has 1 heterocycles. The lowest BCUT2D eigenvalue weighted by atomic mass is 9.81. The Balaban J connectivity index is 1.50. The number of rotatable bonds is 7. The van der Waals surface area contributed by atoms with Crippen LogP contribution in [0.2, 0.25) is 0 Å². The zero-order valence-electron chi connectivity index (χ0n) is 18.3. The van der Waals surface area contributed by atoms with Crippen LogP contribution in [0.1, 0.15) is 42.6 Å². The van der Waals surface area contributed by atoms with E-state index in [-0.39, 0.29) is 56.8 Å². The quantitative estimate of drug-likeness (QED) is 0.216. The summed E-state index contributed by atoms with van der Waals surface area (Å²) in [6.07, 6.45) is 1.14. The van der Waals surface area contributed by atoms with E-state index >= 15 is 0 Å². The Hall–Kier alpha value is -1.54. The molecule has 2 aliphatic carbocycles. The Bertz CT molecular complexity index is 914. The molecule has 4 rings (SSSR count). The predicted molar refractivity (Wildman–Crippen MR) is 126 cm³/mol. The van der Waals surface area contributed by atoms with E-state index < -0.39 is 18.6 Å². The zero-order valence-corrected chi connectivity index (χ0v) is 21.5. The van der Waals surface area contributed by atoms with Crippen LogP contribution in [0.15, 0.2) is 24.3 Å². The topological polar surface area (TPSA) is 80.8 Å². The first-order valence-electron chi connectivity index (χ1n) is 11.0. The van der Waals surface area contributed by atoms with Crippen molar-refractivity contribution in [3.05, 3.63) is 35.4 Å². The predicted octanol–water partition coefficient (Wildman–Crippen LogP) is 3.91. The number of hydrogen-bond donors (Lipinski definition) is 0. The lowest BCUT2D eigenvalue weighted by Crippen LogP contribution is -2.48. The summed E-state index contributed by atoms with van der Waals surface area (Å²) in [6.45, 7) is 5.36. The number of ether oxygens (including phenoxy) is 1. The van der Waals surface area contributed by atoms with Gasteiger partial charge in [-0.3, -0.25) is 19.3 Å². The second-order valence-electron chi connectivity index (χ2n) is 9.59. The average molecular weight is 569 g/mol. The van der Waals surface area contributed by atoms with E-state index in [2.05, 4.69) is 31.9 Å². The number of carbonyl (C=O) groups is 4. The van der Waals surface area contributed by atoms with Gasteiger partial charge in [0.05, 0.1) is 11.8 Å². The molecule has 0 spiro atoms. The molecular formula is C24H27Br2NO5. The fourth-order valence-corrected chi connectivity index (χ4v) is 7.36. The first-order valence-corrected chi connectivity index (χ1v) is 12.9. The van der Waals surface area contributed by atoms with Gasteiger partial charge in [-0.25, -0.2) is 4.79 Å². The molecule has 1 aromatic carbocycles. The zero-order chi connectivity index (χ0) is 23.3. The van der Waals surface area contributed by atoms with Gasteiger partial charge in [-0.1, -0.05) is 75.5 Å². The Morgan fingerprint density at radius 3 is 2.06 bits per heavy atom. The number of alkyl halides is 2. The van der Waals surface area contributed by atoms with Gasteiger partial charge in [-0.15, -0.1) is 0 Å². The van der Waals surface area contributed by atoms with Crippen molar-refractivity contribution in [1.29, 1.82) is 0 Å². The van der Waals surface area contributed by atoms with Gasteiger partial charge in [-0.05, 0) is 37.5 Å². The van der Waals surface area contributed by atoms with Crippen molar-refractivity contribution < 1.29 is 23.9 Å². The van der Waals surface area contributed by atoms with E-state index in [1.54, 1.807) is 12.1 Å². The fourth-order valence-electron chi connectivity index (χ4n) is 5.49. The first-order chi connectivity index (χ1) is 15.1. The molecule has 0 N–H and O–H groups in total. The smallest absolute Gasteiger partial charge is 0.329 e. The number of ketones is 1. The average Bonchev–Trinajstić information content (AvgIpc) is 3.35. The largest absolute Gasteiger partial charge is 0.456 e. The molecule has 0 radical (unpaired) electrons. The molecule has 1 saturated heterocycles. The molecule has 172 valence electrons. The fraction of sp³-hybridized carbons (Fsp3) is 0.583. The van der Waals surface area contributed by atoms with Gasteiger partial charge in [0.25, 0.3) is 0 Å². The summed E-state index contributed by atoms with van der Waals surface area (Å²) in [7, 11) is 0. The number of esters is 1. The minimum absolute atomic E-state index is 0.0611. The number of Topliss-reactive ketones (excluding diaryl/α,β-unsaturated/α-hetero) is 1. The summed E-state index contributed by atoms with van der Waals surface area (Å²) in [5, 5.41) is 0. The van der Waals surface area contributed by atoms with Crippen LogP contribution in [0.3, 0.4) is 0 Å².